The Balaban J connectivity index is 2.64. The Kier molecular flexibility index (Phi) is 3.25. The Labute approximate surface area is 102 Å². The first kappa shape index (κ1) is 11.1. The molecule has 0 fully saturated rings. The minimum atomic E-state index is -0.265. The second-order valence-corrected chi connectivity index (χ2v) is 4.10. The Bertz CT molecular complexity index is 497. The van der Waals surface area contributed by atoms with Crippen LogP contribution in [-0.2, 0) is 0 Å². The molecule has 2 aromatic carbocycles. The van der Waals surface area contributed by atoms with Crippen LogP contribution in [0.4, 0.5) is 4.39 Å². The van der Waals surface area contributed by atoms with Crippen molar-refractivity contribution in [3.63, 3.8) is 0 Å². The lowest BCUT2D eigenvalue weighted by Crippen LogP contribution is -1.91. The van der Waals surface area contributed by atoms with Gasteiger partial charge in [0.2, 0.25) is 0 Å². The van der Waals surface area contributed by atoms with E-state index < -0.39 is 0 Å². The van der Waals surface area contributed by atoms with Crippen molar-refractivity contribution in [2.24, 2.45) is 0 Å². The third-order valence-electron chi connectivity index (χ3n) is 2.34. The average Bonchev–Trinajstić information content (AvgIpc) is 2.31. The summed E-state index contributed by atoms with van der Waals surface area (Å²) in [6, 6.07) is 12.4. The van der Waals surface area contributed by atoms with Crippen molar-refractivity contribution in [2.45, 2.75) is 0 Å². The van der Waals surface area contributed by atoms with Crippen molar-refractivity contribution in [1.82, 2.24) is 0 Å². The summed E-state index contributed by atoms with van der Waals surface area (Å²) in [5.41, 5.74) is 1.35. The maximum absolute atomic E-state index is 13.8. The van der Waals surface area contributed by atoms with Crippen LogP contribution in [0.1, 0.15) is 0 Å². The maximum atomic E-state index is 13.8. The van der Waals surface area contributed by atoms with Crippen molar-refractivity contribution in [2.75, 3.05) is 7.11 Å². The van der Waals surface area contributed by atoms with Gasteiger partial charge >= 0.3 is 0 Å². The van der Waals surface area contributed by atoms with Gasteiger partial charge in [-0.2, -0.15) is 0 Å². The van der Waals surface area contributed by atoms with E-state index in [1.807, 2.05) is 30.3 Å². The molecule has 0 saturated heterocycles. The van der Waals surface area contributed by atoms with E-state index in [1.165, 1.54) is 6.07 Å². The average molecular weight is 281 g/mol. The summed E-state index contributed by atoms with van der Waals surface area (Å²) in [6.07, 6.45) is 0. The molecular formula is C13H10BrFO. The van der Waals surface area contributed by atoms with E-state index in [9.17, 15) is 4.39 Å². The van der Waals surface area contributed by atoms with E-state index in [2.05, 4.69) is 15.9 Å². The number of methoxy groups -OCH3 is 1. The molecular weight excluding hydrogens is 271 g/mol. The monoisotopic (exact) mass is 280 g/mol. The summed E-state index contributed by atoms with van der Waals surface area (Å²) in [4.78, 5) is 0. The molecule has 0 radical (unpaired) electrons. The van der Waals surface area contributed by atoms with Gasteiger partial charge in [0, 0.05) is 5.56 Å². The van der Waals surface area contributed by atoms with Gasteiger partial charge in [0.25, 0.3) is 0 Å². The van der Waals surface area contributed by atoms with Gasteiger partial charge in [0.1, 0.15) is 11.6 Å². The topological polar surface area (TPSA) is 9.23 Å². The lowest BCUT2D eigenvalue weighted by atomic mass is 10.1. The number of halogens is 2. The Hall–Kier alpha value is -1.35. The molecule has 0 aliphatic heterocycles. The molecule has 0 aromatic heterocycles. The molecule has 82 valence electrons. The van der Waals surface area contributed by atoms with E-state index in [0.717, 1.165) is 5.56 Å². The van der Waals surface area contributed by atoms with Crippen LogP contribution in [0, 0.1) is 5.82 Å². The third kappa shape index (κ3) is 1.95. The first-order valence-electron chi connectivity index (χ1n) is 4.81. The predicted molar refractivity (Wildman–Crippen MR) is 66.1 cm³/mol. The lowest BCUT2D eigenvalue weighted by molar-refractivity contribution is 0.411. The number of rotatable bonds is 2. The minimum Gasteiger partial charge on any atom is -0.496 e. The number of ether oxygens (including phenoxy) is 1. The summed E-state index contributed by atoms with van der Waals surface area (Å²) in [6.45, 7) is 0. The van der Waals surface area contributed by atoms with Crippen molar-refractivity contribution in [3.8, 4) is 16.9 Å². The van der Waals surface area contributed by atoms with Gasteiger partial charge in [0.15, 0.2) is 0 Å². The van der Waals surface area contributed by atoms with Gasteiger partial charge < -0.3 is 4.74 Å². The molecule has 0 aliphatic carbocycles. The molecule has 0 spiro atoms. The Morgan fingerprint density at radius 1 is 1.06 bits per heavy atom. The predicted octanol–water partition coefficient (Wildman–Crippen LogP) is 4.26. The molecule has 3 heteroatoms. The van der Waals surface area contributed by atoms with E-state index in [1.54, 1.807) is 13.2 Å². The number of benzene rings is 2. The summed E-state index contributed by atoms with van der Waals surface area (Å²) >= 11 is 3.36. The zero-order valence-electron chi connectivity index (χ0n) is 8.71. The summed E-state index contributed by atoms with van der Waals surface area (Å²) in [5, 5.41) is 0. The molecule has 2 aromatic rings. The normalized spacial score (nSPS) is 10.2. The van der Waals surface area contributed by atoms with Gasteiger partial charge in [0.05, 0.1) is 11.6 Å². The molecule has 16 heavy (non-hydrogen) atoms. The quantitative estimate of drug-likeness (QED) is 0.799. The highest BCUT2D eigenvalue weighted by molar-refractivity contribution is 9.10. The maximum Gasteiger partial charge on any atom is 0.133 e. The zero-order chi connectivity index (χ0) is 11.5. The van der Waals surface area contributed by atoms with E-state index in [0.29, 0.717) is 15.8 Å². The fourth-order valence-electron chi connectivity index (χ4n) is 1.56. The summed E-state index contributed by atoms with van der Waals surface area (Å²) in [5.74, 6) is 0.360. The lowest BCUT2D eigenvalue weighted by Gasteiger charge is -2.10. The van der Waals surface area contributed by atoms with Gasteiger partial charge in [-0.3, -0.25) is 0 Å². The van der Waals surface area contributed by atoms with E-state index in [4.69, 9.17) is 4.74 Å². The van der Waals surface area contributed by atoms with Crippen LogP contribution in [0.5, 0.6) is 5.75 Å². The second kappa shape index (κ2) is 4.66. The molecule has 2 rings (SSSR count). The smallest absolute Gasteiger partial charge is 0.133 e. The van der Waals surface area contributed by atoms with Crippen LogP contribution in [0.25, 0.3) is 11.1 Å². The van der Waals surface area contributed by atoms with Crippen LogP contribution >= 0.6 is 15.9 Å². The fourth-order valence-corrected chi connectivity index (χ4v) is 2.27. The van der Waals surface area contributed by atoms with Gasteiger partial charge in [-0.25, -0.2) is 4.39 Å². The molecule has 0 atom stereocenters. The number of hydrogen-bond acceptors (Lipinski definition) is 1. The zero-order valence-corrected chi connectivity index (χ0v) is 10.3. The van der Waals surface area contributed by atoms with E-state index in [-0.39, 0.29) is 5.82 Å². The molecule has 0 saturated carbocycles. The van der Waals surface area contributed by atoms with Crippen molar-refractivity contribution in [3.05, 3.63) is 52.8 Å². The van der Waals surface area contributed by atoms with Crippen molar-refractivity contribution in [1.29, 1.82) is 0 Å². The Morgan fingerprint density at radius 2 is 1.75 bits per heavy atom. The molecule has 0 aliphatic rings. The summed E-state index contributed by atoms with van der Waals surface area (Å²) in [7, 11) is 1.56. The Morgan fingerprint density at radius 3 is 2.38 bits per heavy atom. The number of hydrogen-bond donors (Lipinski definition) is 0. The van der Waals surface area contributed by atoms with Crippen LogP contribution in [0.2, 0.25) is 0 Å². The first-order chi connectivity index (χ1) is 7.74. The first-order valence-corrected chi connectivity index (χ1v) is 5.60. The minimum absolute atomic E-state index is 0.265. The van der Waals surface area contributed by atoms with Crippen LogP contribution in [0.15, 0.2) is 46.9 Å². The van der Waals surface area contributed by atoms with Crippen molar-refractivity contribution < 1.29 is 9.13 Å². The summed E-state index contributed by atoms with van der Waals surface area (Å²) < 4.78 is 19.6. The molecule has 0 N–H and O–H groups in total. The second-order valence-electron chi connectivity index (χ2n) is 3.30. The van der Waals surface area contributed by atoms with Gasteiger partial charge in [-0.1, -0.05) is 30.3 Å². The van der Waals surface area contributed by atoms with Gasteiger partial charge in [-0.05, 0) is 33.6 Å². The molecule has 0 unspecified atom stereocenters. The third-order valence-corrected chi connectivity index (χ3v) is 3.13. The van der Waals surface area contributed by atoms with E-state index >= 15 is 0 Å². The molecule has 0 bridgehead atoms. The molecule has 1 nitrogen and oxygen atoms in total. The van der Waals surface area contributed by atoms with Crippen LogP contribution < -0.4 is 4.74 Å². The SMILES string of the molecule is COc1ccc(F)c(-c2ccccc2)c1Br. The van der Waals surface area contributed by atoms with Gasteiger partial charge in [-0.15, -0.1) is 0 Å². The van der Waals surface area contributed by atoms with Crippen LogP contribution in [-0.4, -0.2) is 7.11 Å². The fraction of sp³-hybridized carbons (Fsp3) is 0.0769. The molecule has 0 amide bonds. The standard InChI is InChI=1S/C13H10BrFO/c1-16-11-8-7-10(15)12(13(11)14)9-5-3-2-4-6-9/h2-8H,1H3. The highest BCUT2D eigenvalue weighted by atomic mass is 79.9. The van der Waals surface area contributed by atoms with Crippen molar-refractivity contribution >= 4 is 15.9 Å². The highest BCUT2D eigenvalue weighted by Gasteiger charge is 2.13. The molecule has 0 heterocycles. The van der Waals surface area contributed by atoms with Crippen LogP contribution in [0.3, 0.4) is 0 Å². The highest BCUT2D eigenvalue weighted by Crippen LogP contribution is 2.37. The largest absolute Gasteiger partial charge is 0.496 e.